The molecule has 0 spiro atoms. The highest BCUT2D eigenvalue weighted by Gasteiger charge is 2.53. The molecular weight excluding hydrogens is 378 g/mol. The second-order valence-electron chi connectivity index (χ2n) is 7.79. The van der Waals surface area contributed by atoms with Gasteiger partial charge in [0.15, 0.2) is 11.5 Å². The van der Waals surface area contributed by atoms with Crippen LogP contribution in [0.15, 0.2) is 41.1 Å². The van der Waals surface area contributed by atoms with E-state index in [4.69, 9.17) is 15.2 Å². The molecule has 30 heavy (non-hydrogen) atoms. The first-order valence-corrected chi connectivity index (χ1v) is 9.78. The summed E-state index contributed by atoms with van der Waals surface area (Å²) in [6.07, 6.45) is 1.93. The minimum Gasteiger partial charge on any atom is -0.493 e. The predicted octanol–water partition coefficient (Wildman–Crippen LogP) is 2.84. The molecular formula is C23H25N5O2. The molecule has 0 bridgehead atoms. The van der Waals surface area contributed by atoms with E-state index in [1.54, 1.807) is 20.3 Å². The molecule has 7 nitrogen and oxygen atoms in total. The topological polar surface area (TPSA) is 119 Å². The van der Waals surface area contributed by atoms with E-state index in [0.717, 1.165) is 5.56 Å². The number of rotatable bonds is 4. The molecule has 0 radical (unpaired) electrons. The molecule has 2 aliphatic rings. The van der Waals surface area contributed by atoms with Crippen LogP contribution >= 0.6 is 0 Å². The van der Waals surface area contributed by atoms with Gasteiger partial charge >= 0.3 is 0 Å². The lowest BCUT2D eigenvalue weighted by Gasteiger charge is -2.46. The van der Waals surface area contributed by atoms with Crippen LogP contribution in [0.2, 0.25) is 0 Å². The van der Waals surface area contributed by atoms with E-state index in [2.05, 4.69) is 37.0 Å². The Labute approximate surface area is 177 Å². The highest BCUT2D eigenvalue weighted by molar-refractivity contribution is 5.61. The molecule has 0 saturated carbocycles. The third-order valence-corrected chi connectivity index (χ3v) is 6.17. The lowest BCUT2D eigenvalue weighted by Crippen LogP contribution is -2.48. The van der Waals surface area contributed by atoms with Gasteiger partial charge in [-0.25, -0.2) is 0 Å². The van der Waals surface area contributed by atoms with Crippen molar-refractivity contribution in [2.45, 2.75) is 25.8 Å². The summed E-state index contributed by atoms with van der Waals surface area (Å²) in [7, 11) is 3.11. The van der Waals surface area contributed by atoms with Crippen LogP contribution < -0.4 is 15.2 Å². The summed E-state index contributed by atoms with van der Waals surface area (Å²) in [6, 6.07) is 12.2. The zero-order chi connectivity index (χ0) is 22.1. The SMILES string of the molecule is COc1cccc([C@@H]2C(C#N)=C(N)C(C#N)(C#N)C3=CCN(C(C)C)C[C@@H]32)c1OC. The standard InChI is InChI=1S/C23H25N5O2/c1-14(2)28-9-8-18-17(11-28)20(15-6-5-7-19(29-3)21(15)30-4)16(10-24)22(27)23(18,12-25)13-26/h5-8,14,17,20H,9,11,27H2,1-4H3/t17-,20+/m0/s1. The summed E-state index contributed by atoms with van der Waals surface area (Å²) in [4.78, 5) is 2.25. The van der Waals surface area contributed by atoms with E-state index in [0.29, 0.717) is 30.2 Å². The molecule has 2 atom stereocenters. The van der Waals surface area contributed by atoms with Crippen molar-refractivity contribution in [1.29, 1.82) is 15.8 Å². The van der Waals surface area contributed by atoms with Gasteiger partial charge in [-0.2, -0.15) is 15.8 Å². The van der Waals surface area contributed by atoms with Crippen LogP contribution in [0.5, 0.6) is 11.5 Å². The number of nitriles is 3. The predicted molar refractivity (Wildman–Crippen MR) is 111 cm³/mol. The highest BCUT2D eigenvalue weighted by Crippen LogP contribution is 2.55. The molecule has 154 valence electrons. The van der Waals surface area contributed by atoms with E-state index in [1.807, 2.05) is 18.2 Å². The van der Waals surface area contributed by atoms with E-state index < -0.39 is 11.3 Å². The van der Waals surface area contributed by atoms with Gasteiger partial charge in [0.25, 0.3) is 0 Å². The number of ether oxygens (including phenoxy) is 2. The number of allylic oxidation sites excluding steroid dienone is 2. The number of hydrogen-bond acceptors (Lipinski definition) is 7. The monoisotopic (exact) mass is 403 g/mol. The first kappa shape index (κ1) is 21.2. The fourth-order valence-corrected chi connectivity index (χ4v) is 4.59. The van der Waals surface area contributed by atoms with Crippen LogP contribution in [-0.2, 0) is 0 Å². The number of benzene rings is 1. The summed E-state index contributed by atoms with van der Waals surface area (Å²) >= 11 is 0. The van der Waals surface area contributed by atoms with Crippen molar-refractivity contribution in [2.75, 3.05) is 27.3 Å². The Bertz CT molecular complexity index is 1020. The van der Waals surface area contributed by atoms with Crippen LogP contribution in [0.25, 0.3) is 0 Å². The normalized spacial score (nSPS) is 22.9. The summed E-state index contributed by atoms with van der Waals surface area (Å²) in [5, 5.41) is 30.0. The van der Waals surface area contributed by atoms with Crippen LogP contribution in [0.4, 0.5) is 0 Å². The van der Waals surface area contributed by atoms with Gasteiger partial charge in [-0.3, -0.25) is 4.90 Å². The molecule has 0 saturated heterocycles. The number of nitrogens with zero attached hydrogens (tertiary/aromatic N) is 4. The van der Waals surface area contributed by atoms with E-state index in [9.17, 15) is 15.8 Å². The van der Waals surface area contributed by atoms with E-state index in [-0.39, 0.29) is 23.2 Å². The van der Waals surface area contributed by atoms with E-state index >= 15 is 0 Å². The fraction of sp³-hybridized carbons (Fsp3) is 0.435. The lowest BCUT2D eigenvalue weighted by atomic mass is 9.59. The third kappa shape index (κ3) is 2.98. The van der Waals surface area contributed by atoms with Crippen LogP contribution in [-0.4, -0.2) is 38.3 Å². The summed E-state index contributed by atoms with van der Waals surface area (Å²) < 4.78 is 11.1. The van der Waals surface area contributed by atoms with Crippen molar-refractivity contribution >= 4 is 0 Å². The minimum atomic E-state index is -1.64. The fourth-order valence-electron chi connectivity index (χ4n) is 4.59. The highest BCUT2D eigenvalue weighted by atomic mass is 16.5. The molecule has 1 aliphatic carbocycles. The van der Waals surface area contributed by atoms with Crippen LogP contribution in [0.1, 0.15) is 25.3 Å². The molecule has 1 aromatic carbocycles. The number of fused-ring (bicyclic) bond motifs is 1. The minimum absolute atomic E-state index is 0.00497. The van der Waals surface area contributed by atoms with Gasteiger partial charge in [0, 0.05) is 36.5 Å². The largest absolute Gasteiger partial charge is 0.493 e. The second kappa shape index (κ2) is 8.11. The van der Waals surface area contributed by atoms with Crippen molar-refractivity contribution < 1.29 is 9.47 Å². The lowest BCUT2D eigenvalue weighted by molar-refractivity contribution is 0.185. The molecule has 0 aromatic heterocycles. The van der Waals surface area contributed by atoms with E-state index in [1.165, 1.54) is 0 Å². The van der Waals surface area contributed by atoms with Crippen molar-refractivity contribution in [1.82, 2.24) is 4.90 Å². The Hall–Kier alpha value is -3.47. The Balaban J connectivity index is 2.35. The maximum absolute atomic E-state index is 10.1. The third-order valence-electron chi connectivity index (χ3n) is 6.17. The maximum Gasteiger partial charge on any atom is 0.204 e. The van der Waals surface area contributed by atoms with Gasteiger partial charge in [0.2, 0.25) is 5.41 Å². The zero-order valence-corrected chi connectivity index (χ0v) is 17.6. The van der Waals surface area contributed by atoms with Crippen molar-refractivity contribution in [3.63, 3.8) is 0 Å². The van der Waals surface area contributed by atoms with Crippen LogP contribution in [0.3, 0.4) is 0 Å². The van der Waals surface area contributed by atoms with Crippen molar-refractivity contribution in [2.24, 2.45) is 17.1 Å². The van der Waals surface area contributed by atoms with Gasteiger partial charge in [-0.1, -0.05) is 18.2 Å². The molecule has 2 N–H and O–H groups in total. The molecule has 1 heterocycles. The summed E-state index contributed by atoms with van der Waals surface area (Å²) in [6.45, 7) is 5.41. The van der Waals surface area contributed by atoms with Gasteiger partial charge in [-0.05, 0) is 25.5 Å². The Kier molecular flexibility index (Phi) is 5.74. The molecule has 3 rings (SSSR count). The number of methoxy groups -OCH3 is 2. The summed E-state index contributed by atoms with van der Waals surface area (Å²) in [5.74, 6) is 0.337. The van der Waals surface area contributed by atoms with Gasteiger partial charge < -0.3 is 15.2 Å². The Morgan fingerprint density at radius 2 is 1.87 bits per heavy atom. The first-order valence-electron chi connectivity index (χ1n) is 9.78. The number of para-hydroxylation sites is 1. The molecule has 0 amide bonds. The smallest absolute Gasteiger partial charge is 0.204 e. The van der Waals surface area contributed by atoms with Crippen molar-refractivity contribution in [3.05, 3.63) is 46.7 Å². The number of hydrogen-bond donors (Lipinski definition) is 1. The first-order chi connectivity index (χ1) is 14.4. The van der Waals surface area contributed by atoms with Crippen molar-refractivity contribution in [3.8, 4) is 29.7 Å². The average molecular weight is 403 g/mol. The summed E-state index contributed by atoms with van der Waals surface area (Å²) in [5.41, 5.74) is 6.38. The quantitative estimate of drug-likeness (QED) is 0.768. The Morgan fingerprint density at radius 1 is 1.17 bits per heavy atom. The van der Waals surface area contributed by atoms with Gasteiger partial charge in [-0.15, -0.1) is 0 Å². The average Bonchev–Trinajstić information content (AvgIpc) is 2.77. The molecule has 7 heteroatoms. The van der Waals surface area contributed by atoms with Crippen LogP contribution in [0, 0.1) is 45.3 Å². The molecule has 0 unspecified atom stereocenters. The number of nitrogens with two attached hydrogens (primary N) is 1. The molecule has 1 aromatic rings. The maximum atomic E-state index is 10.1. The molecule has 1 aliphatic heterocycles. The Morgan fingerprint density at radius 3 is 2.40 bits per heavy atom. The molecule has 0 fully saturated rings. The van der Waals surface area contributed by atoms with Gasteiger partial charge in [0.05, 0.1) is 43.7 Å². The van der Waals surface area contributed by atoms with Gasteiger partial charge in [0.1, 0.15) is 0 Å². The zero-order valence-electron chi connectivity index (χ0n) is 17.6. The second-order valence-corrected chi connectivity index (χ2v) is 7.79.